The van der Waals surface area contributed by atoms with Crippen molar-refractivity contribution in [3.8, 4) is 21.7 Å². The van der Waals surface area contributed by atoms with Crippen LogP contribution in [-0.2, 0) is 25.9 Å². The smallest absolute Gasteiger partial charge is 0.155 e. The Bertz CT molecular complexity index is 1210. The molecule has 4 rings (SSSR count). The van der Waals surface area contributed by atoms with Crippen LogP contribution in [0.3, 0.4) is 0 Å². The van der Waals surface area contributed by atoms with E-state index in [0.717, 1.165) is 16.0 Å². The molecule has 168 valence electrons. The van der Waals surface area contributed by atoms with Crippen LogP contribution >= 0.6 is 11.3 Å². The maximum atomic E-state index is 10.0. The van der Waals surface area contributed by atoms with Gasteiger partial charge in [0, 0.05) is 39.0 Å². The van der Waals surface area contributed by atoms with Gasteiger partial charge in [-0.15, -0.1) is 23.6 Å². The molecule has 2 heterocycles. The molecule has 32 heavy (non-hydrogen) atoms. The number of ketones is 1. The summed E-state index contributed by atoms with van der Waals surface area (Å²) in [6.07, 6.45) is 3.04. The molecule has 0 fully saturated rings. The molecule has 0 spiro atoms. The number of carbonyl (C=O) groups excluding carboxylic acids is 1. The third-order valence-electron chi connectivity index (χ3n) is 4.73. The molecule has 0 aliphatic heterocycles. The van der Waals surface area contributed by atoms with Crippen LogP contribution in [0.4, 0.5) is 0 Å². The number of carbonyl (C=O) groups is 1. The number of benzene rings is 2. The first kappa shape index (κ1) is 25.7. The molecule has 3 nitrogen and oxygen atoms in total. The zero-order chi connectivity index (χ0) is 22.5. The number of hydrogen-bond donors (Lipinski definition) is 1. The number of pyridine rings is 1. The van der Waals surface area contributed by atoms with E-state index in [4.69, 9.17) is 10.1 Å². The first-order chi connectivity index (χ1) is 14.8. The van der Waals surface area contributed by atoms with Crippen molar-refractivity contribution in [2.45, 2.75) is 34.6 Å². The van der Waals surface area contributed by atoms with Crippen molar-refractivity contribution >= 4 is 27.2 Å². The number of aromatic nitrogens is 1. The van der Waals surface area contributed by atoms with Gasteiger partial charge in [-0.2, -0.15) is 0 Å². The Hall–Kier alpha value is -2.55. The number of thiophene rings is 1. The third kappa shape index (κ3) is 6.25. The van der Waals surface area contributed by atoms with E-state index in [2.05, 4.69) is 69.3 Å². The summed E-state index contributed by atoms with van der Waals surface area (Å²) in [5, 5.41) is 9.52. The standard InChI is InChI=1S/C22H18NS.C5H8O2.Pt/c1-14-11-15(2)21(16(3)12-14)18-8-6-10-23-22(18)20-13-17-7-4-5-9-19(17)24-20;1-4(6)3-5(2)7;/h4-12H,1-3H3;3,6H,1-2H3;/q-1;;/b;4-3-;. The van der Waals surface area contributed by atoms with E-state index in [9.17, 15) is 4.79 Å². The molecule has 5 heteroatoms. The van der Waals surface area contributed by atoms with Gasteiger partial charge in [0.2, 0.25) is 0 Å². The zero-order valence-electron chi connectivity index (χ0n) is 18.8. The van der Waals surface area contributed by atoms with E-state index >= 15 is 0 Å². The van der Waals surface area contributed by atoms with Crippen molar-refractivity contribution in [1.29, 1.82) is 0 Å². The normalized spacial score (nSPS) is 10.8. The van der Waals surface area contributed by atoms with Crippen LogP contribution in [0.25, 0.3) is 31.8 Å². The maximum absolute atomic E-state index is 10.0. The van der Waals surface area contributed by atoms with Crippen LogP contribution in [0.15, 0.2) is 66.6 Å². The van der Waals surface area contributed by atoms with Gasteiger partial charge < -0.3 is 10.1 Å². The van der Waals surface area contributed by atoms with Gasteiger partial charge in [0.25, 0.3) is 0 Å². The third-order valence-corrected chi connectivity index (χ3v) is 5.80. The Labute approximate surface area is 208 Å². The van der Waals surface area contributed by atoms with Gasteiger partial charge in [0.05, 0.1) is 5.76 Å². The van der Waals surface area contributed by atoms with Crippen molar-refractivity contribution in [3.05, 3.63) is 89.3 Å². The minimum absolute atomic E-state index is 0. The summed E-state index contributed by atoms with van der Waals surface area (Å²) in [5.41, 5.74) is 7.39. The number of allylic oxidation sites excluding steroid dienone is 2. The first-order valence-electron chi connectivity index (χ1n) is 10.1. The molecule has 0 bridgehead atoms. The molecular formula is C27H26NO2PtS-. The van der Waals surface area contributed by atoms with Crippen molar-refractivity contribution < 1.29 is 31.0 Å². The van der Waals surface area contributed by atoms with Gasteiger partial charge in [-0.25, -0.2) is 11.3 Å². The van der Waals surface area contributed by atoms with E-state index in [-0.39, 0.29) is 32.6 Å². The molecule has 0 saturated carbocycles. The summed E-state index contributed by atoms with van der Waals surface area (Å²) in [7, 11) is 0. The minimum atomic E-state index is -0.125. The molecular weight excluding hydrogens is 597 g/mol. The summed E-state index contributed by atoms with van der Waals surface area (Å²) in [5.74, 6) is -0.0625. The Morgan fingerprint density at radius 1 is 1.03 bits per heavy atom. The second kappa shape index (κ2) is 11.4. The van der Waals surface area contributed by atoms with E-state index in [0.29, 0.717) is 0 Å². The summed E-state index contributed by atoms with van der Waals surface area (Å²) in [4.78, 5) is 15.8. The van der Waals surface area contributed by atoms with Gasteiger partial charge in [-0.3, -0.25) is 4.79 Å². The number of aryl methyl sites for hydroxylation is 3. The fourth-order valence-electron chi connectivity index (χ4n) is 3.71. The Morgan fingerprint density at radius 3 is 2.25 bits per heavy atom. The number of nitrogens with zero attached hydrogens (tertiary/aromatic N) is 1. The summed E-state index contributed by atoms with van der Waals surface area (Å²) in [6.45, 7) is 9.36. The van der Waals surface area contributed by atoms with Gasteiger partial charge in [0.15, 0.2) is 5.78 Å². The average Bonchev–Trinajstić information content (AvgIpc) is 3.11. The van der Waals surface area contributed by atoms with Gasteiger partial charge in [-0.1, -0.05) is 35.9 Å². The molecule has 0 aliphatic rings. The molecule has 0 unspecified atom stereocenters. The molecule has 0 radical (unpaired) electrons. The van der Waals surface area contributed by atoms with Crippen molar-refractivity contribution in [2.75, 3.05) is 0 Å². The van der Waals surface area contributed by atoms with Crippen molar-refractivity contribution in [3.63, 3.8) is 0 Å². The van der Waals surface area contributed by atoms with E-state index < -0.39 is 0 Å². The molecule has 0 atom stereocenters. The zero-order valence-corrected chi connectivity index (χ0v) is 21.9. The second-order valence-corrected chi connectivity index (χ2v) is 8.67. The van der Waals surface area contributed by atoms with Crippen molar-refractivity contribution in [2.24, 2.45) is 0 Å². The summed E-state index contributed by atoms with van der Waals surface area (Å²) in [6, 6.07) is 20.6. The summed E-state index contributed by atoms with van der Waals surface area (Å²) >= 11 is 1.76. The van der Waals surface area contributed by atoms with Crippen LogP contribution in [0.1, 0.15) is 30.5 Å². The Kier molecular flexibility index (Phi) is 9.12. The predicted molar refractivity (Wildman–Crippen MR) is 131 cm³/mol. The molecule has 1 N–H and O–H groups in total. The second-order valence-electron chi connectivity index (χ2n) is 7.62. The summed E-state index contributed by atoms with van der Waals surface area (Å²) < 4.78 is 1.25. The van der Waals surface area contributed by atoms with Crippen LogP contribution in [0, 0.1) is 26.8 Å². The molecule has 2 aromatic carbocycles. The van der Waals surface area contributed by atoms with Crippen LogP contribution in [0.2, 0.25) is 0 Å². The quantitative estimate of drug-likeness (QED) is 0.147. The Morgan fingerprint density at radius 2 is 1.69 bits per heavy atom. The molecule has 0 saturated heterocycles. The van der Waals surface area contributed by atoms with Gasteiger partial charge in [-0.05, 0) is 72.5 Å². The van der Waals surface area contributed by atoms with Crippen LogP contribution < -0.4 is 0 Å². The number of fused-ring (bicyclic) bond motifs is 1. The predicted octanol–water partition coefficient (Wildman–Crippen LogP) is 7.39. The van der Waals surface area contributed by atoms with E-state index in [1.807, 2.05) is 12.3 Å². The number of aliphatic hydroxyl groups excluding tert-OH is 1. The average molecular weight is 624 g/mol. The number of rotatable bonds is 3. The Balaban J connectivity index is 0.000000398. The van der Waals surface area contributed by atoms with Gasteiger partial charge in [0.1, 0.15) is 0 Å². The van der Waals surface area contributed by atoms with Crippen molar-refractivity contribution in [1.82, 2.24) is 4.98 Å². The molecule has 4 aromatic rings. The van der Waals surface area contributed by atoms with Crippen LogP contribution in [0.5, 0.6) is 0 Å². The SMILES string of the molecule is CC(=O)/C=C(/C)O.Cc1cc(C)c(-c2cccnc2-c2[c-]c3ccccc3s2)c(C)c1.[Pt]. The monoisotopic (exact) mass is 623 g/mol. The van der Waals surface area contributed by atoms with Crippen LogP contribution in [-0.4, -0.2) is 15.9 Å². The molecule has 0 amide bonds. The number of aliphatic hydroxyl groups is 1. The fraction of sp³-hybridized carbons (Fsp3) is 0.185. The fourth-order valence-corrected chi connectivity index (χ4v) is 4.73. The molecule has 0 aliphatic carbocycles. The van der Waals surface area contributed by atoms with Gasteiger partial charge >= 0.3 is 0 Å². The van der Waals surface area contributed by atoms with E-state index in [1.165, 1.54) is 52.4 Å². The maximum Gasteiger partial charge on any atom is 0.155 e. The number of hydrogen-bond acceptors (Lipinski definition) is 4. The first-order valence-corrected chi connectivity index (χ1v) is 10.9. The molecule has 2 aromatic heterocycles. The topological polar surface area (TPSA) is 50.2 Å². The van der Waals surface area contributed by atoms with E-state index in [1.54, 1.807) is 11.3 Å². The largest absolute Gasteiger partial charge is 0.512 e. The minimum Gasteiger partial charge on any atom is -0.512 e.